The van der Waals surface area contributed by atoms with E-state index in [1.807, 2.05) is 0 Å². The first-order chi connectivity index (χ1) is 13.4. The van der Waals surface area contributed by atoms with E-state index in [1.165, 1.54) is 18.2 Å². The zero-order valence-corrected chi connectivity index (χ0v) is 14.9. The second kappa shape index (κ2) is 9.94. The van der Waals surface area contributed by atoms with Gasteiger partial charge in [0.2, 0.25) is 0 Å². The van der Waals surface area contributed by atoms with Crippen molar-refractivity contribution in [1.82, 2.24) is 5.06 Å². The normalized spacial score (nSPS) is 19.3. The molecule has 1 aliphatic heterocycles. The van der Waals surface area contributed by atoms with Crippen LogP contribution >= 0.6 is 0 Å². The molecular formula is C16H18N6O6. The Balaban J connectivity index is 1.73. The lowest BCUT2D eigenvalue weighted by molar-refractivity contribution is -0.414. The van der Waals surface area contributed by atoms with Crippen LogP contribution in [0.2, 0.25) is 0 Å². The summed E-state index contributed by atoms with van der Waals surface area (Å²) >= 11 is 0. The third-order valence-corrected chi connectivity index (χ3v) is 3.84. The van der Waals surface area contributed by atoms with Gasteiger partial charge in [-0.15, -0.1) is 10.2 Å². The van der Waals surface area contributed by atoms with Crippen molar-refractivity contribution in [2.24, 2.45) is 15.3 Å². The number of carbonyl (C=O) groups excluding carboxylic acids is 3. The van der Waals surface area contributed by atoms with Crippen molar-refractivity contribution in [3.8, 4) is 0 Å². The van der Waals surface area contributed by atoms with Crippen molar-refractivity contribution in [3.05, 3.63) is 34.0 Å². The lowest BCUT2D eigenvalue weighted by Gasteiger charge is -2.12. The molecule has 28 heavy (non-hydrogen) atoms. The highest BCUT2D eigenvalue weighted by Gasteiger charge is 2.32. The van der Waals surface area contributed by atoms with Crippen molar-refractivity contribution in [1.29, 1.82) is 5.53 Å². The van der Waals surface area contributed by atoms with Gasteiger partial charge < -0.3 is 4.84 Å². The minimum Gasteiger partial charge on any atom is -0.330 e. The summed E-state index contributed by atoms with van der Waals surface area (Å²) in [7, 11) is 0. The quantitative estimate of drug-likeness (QED) is 0.157. The number of nitrogens with zero attached hydrogens (tertiary/aromatic N) is 5. The van der Waals surface area contributed by atoms with Gasteiger partial charge in [-0.1, -0.05) is 11.6 Å². The molecule has 0 spiro atoms. The van der Waals surface area contributed by atoms with E-state index in [9.17, 15) is 24.5 Å². The fourth-order valence-corrected chi connectivity index (χ4v) is 2.47. The molecule has 1 heterocycles. The molecule has 2 rings (SSSR count). The van der Waals surface area contributed by atoms with Crippen LogP contribution in [0.1, 0.15) is 38.5 Å². The lowest BCUT2D eigenvalue weighted by atomic mass is 10.1. The predicted molar refractivity (Wildman–Crippen MR) is 94.7 cm³/mol. The molecule has 2 amide bonds. The smallest absolute Gasteiger partial charge is 0.330 e. The number of allylic oxidation sites excluding steroid dienone is 3. The molecule has 1 fully saturated rings. The minimum atomic E-state index is -0.657. The lowest BCUT2D eigenvalue weighted by Crippen LogP contribution is -2.31. The van der Waals surface area contributed by atoms with E-state index in [0.717, 1.165) is 0 Å². The maximum Gasteiger partial charge on any atom is 0.333 e. The predicted octanol–water partition coefficient (Wildman–Crippen LogP) is 1.71. The SMILES string of the molecule is N=NN=C1C=CC(=NCCCCCC(=O)ON2C(=O)CCC2=O)C([N+](=O)[O-])=C1. The molecule has 0 bridgehead atoms. The summed E-state index contributed by atoms with van der Waals surface area (Å²) < 4.78 is 0. The van der Waals surface area contributed by atoms with E-state index < -0.39 is 22.7 Å². The summed E-state index contributed by atoms with van der Waals surface area (Å²) in [6, 6.07) is 0. The van der Waals surface area contributed by atoms with Gasteiger partial charge in [-0.2, -0.15) is 5.53 Å². The van der Waals surface area contributed by atoms with Gasteiger partial charge in [-0.25, -0.2) is 4.79 Å². The van der Waals surface area contributed by atoms with E-state index in [1.54, 1.807) is 0 Å². The summed E-state index contributed by atoms with van der Waals surface area (Å²) in [5.74, 6) is -1.70. The average molecular weight is 390 g/mol. The Morgan fingerprint density at radius 1 is 1.21 bits per heavy atom. The number of aliphatic imine (C=N–C) groups is 1. The highest BCUT2D eigenvalue weighted by Crippen LogP contribution is 2.14. The van der Waals surface area contributed by atoms with Gasteiger partial charge in [0.25, 0.3) is 17.5 Å². The molecule has 0 aromatic heterocycles. The van der Waals surface area contributed by atoms with E-state index in [0.29, 0.717) is 30.9 Å². The topological polar surface area (TPSA) is 168 Å². The molecule has 0 atom stereocenters. The Morgan fingerprint density at radius 3 is 2.57 bits per heavy atom. The van der Waals surface area contributed by atoms with Crippen LogP contribution < -0.4 is 0 Å². The molecule has 1 aliphatic carbocycles. The van der Waals surface area contributed by atoms with E-state index in [2.05, 4.69) is 15.3 Å². The second-order valence-corrected chi connectivity index (χ2v) is 5.87. The van der Waals surface area contributed by atoms with Gasteiger partial charge >= 0.3 is 5.97 Å². The van der Waals surface area contributed by atoms with Gasteiger partial charge in [0.15, 0.2) is 0 Å². The molecule has 12 nitrogen and oxygen atoms in total. The molecule has 1 N–H and O–H groups in total. The van der Waals surface area contributed by atoms with E-state index in [4.69, 9.17) is 10.4 Å². The number of amides is 2. The van der Waals surface area contributed by atoms with Crippen molar-refractivity contribution in [2.75, 3.05) is 6.54 Å². The number of hydrogen-bond donors (Lipinski definition) is 1. The molecule has 0 unspecified atom stereocenters. The number of unbranched alkanes of at least 4 members (excludes halogenated alkanes) is 2. The molecule has 12 heteroatoms. The van der Waals surface area contributed by atoms with Crippen LogP contribution in [0.25, 0.3) is 0 Å². The molecule has 1 saturated heterocycles. The van der Waals surface area contributed by atoms with Crippen LogP contribution in [0.4, 0.5) is 0 Å². The third kappa shape index (κ3) is 5.72. The molecular weight excluding hydrogens is 372 g/mol. The molecule has 0 aromatic carbocycles. The van der Waals surface area contributed by atoms with Gasteiger partial charge in [0.05, 0.1) is 10.6 Å². The monoisotopic (exact) mass is 390 g/mol. The summed E-state index contributed by atoms with van der Waals surface area (Å²) in [4.78, 5) is 53.8. The largest absolute Gasteiger partial charge is 0.333 e. The number of rotatable bonds is 9. The Kier molecular flexibility index (Phi) is 7.37. The molecule has 2 aliphatic rings. The number of hydroxylamine groups is 2. The number of nitro groups is 1. The van der Waals surface area contributed by atoms with E-state index >= 15 is 0 Å². The number of nitrogens with one attached hydrogen (secondary N) is 1. The third-order valence-electron chi connectivity index (χ3n) is 3.84. The maximum atomic E-state index is 11.7. The molecule has 148 valence electrons. The zero-order chi connectivity index (χ0) is 20.5. The van der Waals surface area contributed by atoms with Gasteiger partial charge in [0, 0.05) is 31.9 Å². The van der Waals surface area contributed by atoms with Crippen LogP contribution in [0.15, 0.2) is 39.2 Å². The van der Waals surface area contributed by atoms with Crippen molar-refractivity contribution in [2.45, 2.75) is 38.5 Å². The fourth-order valence-electron chi connectivity index (χ4n) is 2.47. The van der Waals surface area contributed by atoms with Crippen molar-refractivity contribution < 1.29 is 24.1 Å². The van der Waals surface area contributed by atoms with Gasteiger partial charge in [-0.3, -0.25) is 24.7 Å². The minimum absolute atomic E-state index is 0.0457. The van der Waals surface area contributed by atoms with Crippen LogP contribution in [0, 0.1) is 15.6 Å². The van der Waals surface area contributed by atoms with Crippen LogP contribution in [-0.2, 0) is 19.2 Å². The second-order valence-electron chi connectivity index (χ2n) is 5.87. The first-order valence-corrected chi connectivity index (χ1v) is 8.52. The van der Waals surface area contributed by atoms with Crippen LogP contribution in [0.5, 0.6) is 0 Å². The summed E-state index contributed by atoms with van der Waals surface area (Å²) in [5, 5.41) is 17.9. The summed E-state index contributed by atoms with van der Waals surface area (Å²) in [6.07, 6.45) is 5.90. The summed E-state index contributed by atoms with van der Waals surface area (Å²) in [6.45, 7) is 0.318. The highest BCUT2D eigenvalue weighted by atomic mass is 16.7. The maximum absolute atomic E-state index is 11.7. The Hall–Kier alpha value is -3.57. The Labute approximate surface area is 159 Å². The zero-order valence-electron chi connectivity index (χ0n) is 14.9. The standard InChI is InChI=1S/C16H18N6O6/c17-20-19-11-5-6-12(13(10-11)22(26)27)18-9-3-1-2-4-16(25)28-21-14(23)7-8-15(21)24/h5-6,10,17H,1-4,7-9H2. The average Bonchev–Trinajstić information content (AvgIpc) is 2.97. The first kappa shape index (κ1) is 20.7. The van der Waals surface area contributed by atoms with E-state index in [-0.39, 0.29) is 36.4 Å². The van der Waals surface area contributed by atoms with Crippen LogP contribution in [0.3, 0.4) is 0 Å². The number of carbonyl (C=O) groups is 3. The molecule has 0 aromatic rings. The van der Waals surface area contributed by atoms with Crippen LogP contribution in [-0.4, -0.2) is 45.7 Å². The first-order valence-electron chi connectivity index (χ1n) is 8.52. The number of hydrogen-bond acceptors (Lipinski definition) is 9. The van der Waals surface area contributed by atoms with Gasteiger partial charge in [-0.05, 0) is 25.0 Å². The highest BCUT2D eigenvalue weighted by molar-refractivity contribution is 6.20. The van der Waals surface area contributed by atoms with Gasteiger partial charge in [0.1, 0.15) is 5.71 Å². The summed E-state index contributed by atoms with van der Waals surface area (Å²) in [5.41, 5.74) is 6.81. The Bertz CT molecular complexity index is 796. The fraction of sp³-hybridized carbons (Fsp3) is 0.438. The van der Waals surface area contributed by atoms with Crippen molar-refractivity contribution in [3.63, 3.8) is 0 Å². The molecule has 0 saturated carbocycles. The Morgan fingerprint density at radius 2 is 1.93 bits per heavy atom. The molecule has 0 radical (unpaired) electrons. The van der Waals surface area contributed by atoms with Crippen molar-refractivity contribution >= 4 is 29.2 Å². The number of imide groups is 1.